The summed E-state index contributed by atoms with van der Waals surface area (Å²) in [6.45, 7) is 8.71. The number of aryl methyl sites for hydroxylation is 1. The first-order valence-electron chi connectivity index (χ1n) is 4.65. The quantitative estimate of drug-likeness (QED) is 0.668. The molecule has 0 amide bonds. The zero-order valence-electron chi connectivity index (χ0n) is 8.94. The van der Waals surface area contributed by atoms with Gasteiger partial charge in [0, 0.05) is 0 Å². The Hall–Kier alpha value is -1.23. The summed E-state index contributed by atoms with van der Waals surface area (Å²) in [7, 11) is -1.40. The van der Waals surface area contributed by atoms with Gasteiger partial charge in [-0.2, -0.15) is 0 Å². The summed E-state index contributed by atoms with van der Waals surface area (Å²) in [6.07, 6.45) is 3.67. The van der Waals surface area contributed by atoms with Crippen molar-refractivity contribution >= 4 is 19.4 Å². The number of imidazole rings is 1. The Morgan fingerprint density at radius 2 is 1.93 bits per heavy atom. The summed E-state index contributed by atoms with van der Waals surface area (Å²) in [5.41, 5.74) is 1.86. The van der Waals surface area contributed by atoms with Crippen molar-refractivity contribution in [3.8, 4) is 0 Å². The van der Waals surface area contributed by atoms with Crippen LogP contribution in [0.3, 0.4) is 0 Å². The van der Waals surface area contributed by atoms with Crippen molar-refractivity contribution in [3.63, 3.8) is 0 Å². The number of nitrogens with zero attached hydrogens (tertiary/aromatic N) is 4. The molecule has 0 N–H and O–H groups in total. The molecular formula is C9H14N4Si. The van der Waals surface area contributed by atoms with E-state index in [2.05, 4.69) is 38.8 Å². The Labute approximate surface area is 84.1 Å². The molecule has 0 radical (unpaired) electrons. The van der Waals surface area contributed by atoms with Crippen molar-refractivity contribution in [1.29, 1.82) is 0 Å². The van der Waals surface area contributed by atoms with E-state index in [0.29, 0.717) is 0 Å². The van der Waals surface area contributed by atoms with Crippen molar-refractivity contribution in [2.24, 2.45) is 0 Å². The summed E-state index contributed by atoms with van der Waals surface area (Å²) in [4.78, 5) is 12.9. The molecule has 14 heavy (non-hydrogen) atoms. The highest BCUT2D eigenvalue weighted by Gasteiger charge is 2.19. The summed E-state index contributed by atoms with van der Waals surface area (Å²) in [5, 5.41) is 0. The Morgan fingerprint density at radius 1 is 1.21 bits per heavy atom. The van der Waals surface area contributed by atoms with Gasteiger partial charge in [0.15, 0.2) is 13.9 Å². The van der Waals surface area contributed by atoms with Crippen LogP contribution in [0.4, 0.5) is 0 Å². The van der Waals surface area contributed by atoms with E-state index in [0.717, 1.165) is 17.0 Å². The minimum absolute atomic E-state index is 0.803. The van der Waals surface area contributed by atoms with Gasteiger partial charge in [-0.1, -0.05) is 19.6 Å². The van der Waals surface area contributed by atoms with Crippen LogP contribution in [0.2, 0.25) is 19.6 Å². The summed E-state index contributed by atoms with van der Waals surface area (Å²) >= 11 is 0. The van der Waals surface area contributed by atoms with Gasteiger partial charge in [-0.05, 0) is 6.92 Å². The fourth-order valence-electron chi connectivity index (χ4n) is 1.39. The Kier molecular flexibility index (Phi) is 1.92. The van der Waals surface area contributed by atoms with E-state index in [9.17, 15) is 0 Å². The molecule has 74 valence electrons. The molecular weight excluding hydrogens is 192 g/mol. The predicted molar refractivity (Wildman–Crippen MR) is 58.8 cm³/mol. The lowest BCUT2D eigenvalue weighted by molar-refractivity contribution is 1.05. The van der Waals surface area contributed by atoms with Gasteiger partial charge in [-0.25, -0.2) is 15.0 Å². The molecule has 0 aliphatic heterocycles. The highest BCUT2D eigenvalue weighted by Crippen LogP contribution is 2.14. The van der Waals surface area contributed by atoms with Crippen LogP contribution in [0.25, 0.3) is 11.2 Å². The number of hydrogen-bond acceptors (Lipinski definition) is 3. The molecule has 4 nitrogen and oxygen atoms in total. The van der Waals surface area contributed by atoms with Gasteiger partial charge in [0.25, 0.3) is 0 Å². The fourth-order valence-corrected chi connectivity index (χ4v) is 2.59. The lowest BCUT2D eigenvalue weighted by atomic mass is 10.5. The van der Waals surface area contributed by atoms with Crippen molar-refractivity contribution in [2.75, 3.05) is 0 Å². The zero-order valence-corrected chi connectivity index (χ0v) is 9.94. The first-order valence-corrected chi connectivity index (χ1v) is 8.10. The molecule has 0 fully saturated rings. The van der Waals surface area contributed by atoms with Gasteiger partial charge in [0.2, 0.25) is 0 Å². The smallest absolute Gasteiger partial charge is 0.156 e. The van der Waals surface area contributed by atoms with Crippen LogP contribution in [-0.4, -0.2) is 27.4 Å². The molecule has 0 saturated heterocycles. The summed E-state index contributed by atoms with van der Waals surface area (Å²) < 4.78 is 2.21. The topological polar surface area (TPSA) is 43.6 Å². The Bertz CT molecular complexity index is 469. The van der Waals surface area contributed by atoms with Crippen LogP contribution in [0.15, 0.2) is 12.5 Å². The Balaban J connectivity index is 2.73. The molecule has 0 aliphatic rings. The highest BCUT2D eigenvalue weighted by atomic mass is 28.3. The molecule has 0 spiro atoms. The van der Waals surface area contributed by atoms with E-state index < -0.39 is 8.24 Å². The van der Waals surface area contributed by atoms with E-state index in [-0.39, 0.29) is 0 Å². The van der Waals surface area contributed by atoms with Gasteiger partial charge >= 0.3 is 0 Å². The van der Waals surface area contributed by atoms with Gasteiger partial charge in [0.05, 0.1) is 12.5 Å². The van der Waals surface area contributed by atoms with Crippen LogP contribution in [-0.2, 0) is 0 Å². The fraction of sp³-hybridized carbons (Fsp3) is 0.444. The SMILES string of the molecule is Cc1ncc2ncn([Si](C)(C)C)c2n1. The molecule has 2 aromatic heterocycles. The minimum atomic E-state index is -1.40. The monoisotopic (exact) mass is 206 g/mol. The molecule has 0 bridgehead atoms. The molecule has 0 aromatic carbocycles. The second-order valence-electron chi connectivity index (χ2n) is 4.41. The zero-order chi connectivity index (χ0) is 10.3. The van der Waals surface area contributed by atoms with Crippen LogP contribution in [0.5, 0.6) is 0 Å². The number of aromatic nitrogens is 4. The number of hydrogen-bond donors (Lipinski definition) is 0. The van der Waals surface area contributed by atoms with Gasteiger partial charge < -0.3 is 4.23 Å². The Morgan fingerprint density at radius 3 is 2.57 bits per heavy atom. The standard InChI is InChI=1S/C9H14N4Si/c1-7-10-5-8-9(12-7)13(6-11-8)14(2,3)4/h5-6H,1-4H3. The van der Waals surface area contributed by atoms with Crippen LogP contribution in [0, 0.1) is 6.92 Å². The van der Waals surface area contributed by atoms with E-state index >= 15 is 0 Å². The van der Waals surface area contributed by atoms with Crippen molar-refractivity contribution < 1.29 is 0 Å². The largest absolute Gasteiger partial charge is 0.344 e. The lowest BCUT2D eigenvalue weighted by Crippen LogP contribution is -2.31. The maximum Gasteiger partial charge on any atom is 0.156 e. The molecule has 2 rings (SSSR count). The van der Waals surface area contributed by atoms with E-state index in [1.165, 1.54) is 0 Å². The lowest BCUT2D eigenvalue weighted by Gasteiger charge is -2.17. The van der Waals surface area contributed by atoms with Crippen molar-refractivity contribution in [3.05, 3.63) is 18.3 Å². The van der Waals surface area contributed by atoms with Gasteiger partial charge in [-0.15, -0.1) is 0 Å². The van der Waals surface area contributed by atoms with Crippen LogP contribution < -0.4 is 0 Å². The molecule has 2 heterocycles. The average Bonchev–Trinajstić information content (AvgIpc) is 2.45. The van der Waals surface area contributed by atoms with E-state index in [1.54, 1.807) is 6.20 Å². The predicted octanol–water partition coefficient (Wildman–Crippen LogP) is 1.82. The van der Waals surface area contributed by atoms with Crippen molar-refractivity contribution in [2.45, 2.75) is 26.6 Å². The second-order valence-corrected chi connectivity index (χ2v) is 9.23. The third-order valence-electron chi connectivity index (χ3n) is 2.13. The first kappa shape index (κ1) is 9.33. The molecule has 5 heteroatoms. The van der Waals surface area contributed by atoms with Crippen molar-refractivity contribution in [1.82, 2.24) is 19.2 Å². The number of rotatable bonds is 1. The number of fused-ring (bicyclic) bond motifs is 1. The summed E-state index contributed by atoms with van der Waals surface area (Å²) in [5.74, 6) is 0.803. The molecule has 2 aromatic rings. The maximum absolute atomic E-state index is 4.43. The maximum atomic E-state index is 4.43. The third-order valence-corrected chi connectivity index (χ3v) is 3.91. The highest BCUT2D eigenvalue weighted by molar-refractivity contribution is 6.75. The minimum Gasteiger partial charge on any atom is -0.344 e. The molecule has 0 aliphatic carbocycles. The van der Waals surface area contributed by atoms with E-state index in [1.807, 2.05) is 13.3 Å². The van der Waals surface area contributed by atoms with Gasteiger partial charge in [-0.3, -0.25) is 0 Å². The molecule has 0 unspecified atom stereocenters. The normalized spacial score (nSPS) is 12.3. The molecule has 0 saturated carbocycles. The van der Waals surface area contributed by atoms with Crippen LogP contribution >= 0.6 is 0 Å². The average molecular weight is 206 g/mol. The second kappa shape index (κ2) is 2.88. The van der Waals surface area contributed by atoms with Crippen LogP contribution in [0.1, 0.15) is 5.82 Å². The van der Waals surface area contributed by atoms with E-state index in [4.69, 9.17) is 0 Å². The first-order chi connectivity index (χ1) is 6.48. The summed E-state index contributed by atoms with van der Waals surface area (Å²) in [6, 6.07) is 0. The molecule has 0 atom stereocenters. The van der Waals surface area contributed by atoms with Gasteiger partial charge in [0.1, 0.15) is 11.3 Å². The third kappa shape index (κ3) is 1.43.